The molecule has 2 aromatic heterocycles. The maximum atomic E-state index is 11.7. The first-order valence-corrected chi connectivity index (χ1v) is 10.2. The molecule has 150 valence electrons. The van der Waals surface area contributed by atoms with E-state index in [1.807, 2.05) is 59.3 Å². The fraction of sp³-hybridized carbons (Fsp3) is 0.208. The zero-order chi connectivity index (χ0) is 20.5. The van der Waals surface area contributed by atoms with Gasteiger partial charge in [-0.15, -0.1) is 0 Å². The van der Waals surface area contributed by atoms with Gasteiger partial charge in [0, 0.05) is 23.5 Å². The lowest BCUT2D eigenvalue weighted by Gasteiger charge is -2.17. The largest absolute Gasteiger partial charge is 0.478 e. The van der Waals surface area contributed by atoms with E-state index in [4.69, 9.17) is 4.98 Å². The molecule has 4 aromatic rings. The van der Waals surface area contributed by atoms with E-state index in [0.29, 0.717) is 11.7 Å². The van der Waals surface area contributed by atoms with E-state index in [-0.39, 0.29) is 5.56 Å². The second-order valence-electron chi connectivity index (χ2n) is 7.68. The summed E-state index contributed by atoms with van der Waals surface area (Å²) in [6, 6.07) is 17.6. The second kappa shape index (κ2) is 7.63. The van der Waals surface area contributed by atoms with Crippen LogP contribution >= 0.6 is 0 Å². The van der Waals surface area contributed by atoms with Crippen molar-refractivity contribution in [2.75, 3.05) is 5.32 Å². The number of nitrogens with zero attached hydrogens (tertiary/aromatic N) is 3. The van der Waals surface area contributed by atoms with Crippen LogP contribution in [0.5, 0.6) is 0 Å². The number of carboxylic acids is 1. The summed E-state index contributed by atoms with van der Waals surface area (Å²) in [5.74, 6) is -0.925. The first kappa shape index (κ1) is 18.4. The van der Waals surface area contributed by atoms with Gasteiger partial charge < -0.3 is 10.4 Å². The summed E-state index contributed by atoms with van der Waals surface area (Å²) in [5, 5.41) is 13.1. The Morgan fingerprint density at radius 1 is 1.07 bits per heavy atom. The highest BCUT2D eigenvalue weighted by Crippen LogP contribution is 2.28. The monoisotopic (exact) mass is 398 g/mol. The van der Waals surface area contributed by atoms with Gasteiger partial charge in [0.25, 0.3) is 0 Å². The number of rotatable bonds is 5. The number of hydrogen-bond acceptors (Lipinski definition) is 4. The Labute approximate surface area is 174 Å². The van der Waals surface area contributed by atoms with Crippen molar-refractivity contribution in [1.82, 2.24) is 14.5 Å². The van der Waals surface area contributed by atoms with Gasteiger partial charge in [0.2, 0.25) is 0 Å². The third-order valence-electron chi connectivity index (χ3n) is 5.69. The molecule has 2 N–H and O–H groups in total. The molecule has 1 aliphatic rings. The highest BCUT2D eigenvalue weighted by atomic mass is 16.4. The topological polar surface area (TPSA) is 80.0 Å². The standard InChI is InChI=1S/C24H22N4O2/c29-24(30)19-11-10-18(14-21(19)26-17-8-4-5-9-17)28-13-12-20-23(28)27-22(15-25-20)16-6-2-1-3-7-16/h1-3,6-7,10-15,17,26H,4-5,8-9H2,(H,29,30). The minimum atomic E-state index is -0.925. The Balaban J connectivity index is 1.58. The van der Waals surface area contributed by atoms with E-state index >= 15 is 0 Å². The van der Waals surface area contributed by atoms with Crippen molar-refractivity contribution in [3.05, 3.63) is 72.6 Å². The van der Waals surface area contributed by atoms with Crippen LogP contribution in [0.4, 0.5) is 5.69 Å². The van der Waals surface area contributed by atoms with Gasteiger partial charge in [-0.25, -0.2) is 9.78 Å². The molecule has 1 saturated carbocycles. The van der Waals surface area contributed by atoms with Gasteiger partial charge in [-0.1, -0.05) is 43.2 Å². The number of benzene rings is 2. The molecule has 0 spiro atoms. The van der Waals surface area contributed by atoms with E-state index < -0.39 is 5.97 Å². The average Bonchev–Trinajstić information content (AvgIpc) is 3.43. The predicted molar refractivity (Wildman–Crippen MR) is 117 cm³/mol. The number of aromatic carboxylic acids is 1. The normalized spacial score (nSPS) is 14.3. The minimum Gasteiger partial charge on any atom is -0.478 e. The first-order chi connectivity index (χ1) is 14.7. The van der Waals surface area contributed by atoms with Crippen molar-refractivity contribution in [2.24, 2.45) is 0 Å². The van der Waals surface area contributed by atoms with Crippen molar-refractivity contribution in [1.29, 1.82) is 0 Å². The Bertz CT molecular complexity index is 1210. The molecule has 2 aromatic carbocycles. The van der Waals surface area contributed by atoms with Crippen molar-refractivity contribution < 1.29 is 9.90 Å². The number of carboxylic acid groups (broad SMARTS) is 1. The number of hydrogen-bond donors (Lipinski definition) is 2. The number of fused-ring (bicyclic) bond motifs is 1. The molecule has 6 heteroatoms. The molecule has 0 unspecified atom stereocenters. The van der Waals surface area contributed by atoms with Crippen molar-refractivity contribution in [2.45, 2.75) is 31.7 Å². The highest BCUT2D eigenvalue weighted by Gasteiger charge is 2.19. The van der Waals surface area contributed by atoms with Crippen LogP contribution in [0.25, 0.3) is 28.1 Å². The molecule has 30 heavy (non-hydrogen) atoms. The van der Waals surface area contributed by atoms with Crippen LogP contribution in [0, 0.1) is 0 Å². The predicted octanol–water partition coefficient (Wildman–Crippen LogP) is 5.14. The molecule has 0 aliphatic heterocycles. The molecule has 1 aliphatic carbocycles. The lowest BCUT2D eigenvalue weighted by molar-refractivity contribution is 0.0698. The zero-order valence-corrected chi connectivity index (χ0v) is 16.5. The molecule has 6 nitrogen and oxygen atoms in total. The summed E-state index contributed by atoms with van der Waals surface area (Å²) < 4.78 is 1.96. The van der Waals surface area contributed by atoms with Gasteiger partial charge in [0.05, 0.1) is 23.1 Å². The molecule has 2 heterocycles. The molecular formula is C24H22N4O2. The van der Waals surface area contributed by atoms with E-state index in [1.165, 1.54) is 12.8 Å². The Kier molecular flexibility index (Phi) is 4.67. The number of carbonyl (C=O) groups is 1. The lowest BCUT2D eigenvalue weighted by Crippen LogP contribution is -2.17. The van der Waals surface area contributed by atoms with E-state index in [0.717, 1.165) is 41.0 Å². The van der Waals surface area contributed by atoms with Gasteiger partial charge in [-0.2, -0.15) is 0 Å². The molecule has 1 fully saturated rings. The molecule has 5 rings (SSSR count). The smallest absolute Gasteiger partial charge is 0.337 e. The third-order valence-corrected chi connectivity index (χ3v) is 5.69. The number of nitrogens with one attached hydrogen (secondary N) is 1. The lowest BCUT2D eigenvalue weighted by atomic mass is 10.1. The summed E-state index contributed by atoms with van der Waals surface area (Å²) in [5.41, 5.74) is 5.14. The van der Waals surface area contributed by atoms with Gasteiger partial charge >= 0.3 is 5.97 Å². The van der Waals surface area contributed by atoms with Gasteiger partial charge in [-0.05, 0) is 37.1 Å². The molecule has 0 radical (unpaired) electrons. The molecule has 0 amide bonds. The Morgan fingerprint density at radius 3 is 2.63 bits per heavy atom. The SMILES string of the molecule is O=C(O)c1ccc(-n2ccc3ncc(-c4ccccc4)nc32)cc1NC1CCCC1. The fourth-order valence-corrected chi connectivity index (χ4v) is 4.13. The van der Waals surface area contributed by atoms with Crippen LogP contribution < -0.4 is 5.32 Å². The summed E-state index contributed by atoms with van der Waals surface area (Å²) in [6.45, 7) is 0. The maximum Gasteiger partial charge on any atom is 0.337 e. The number of anilines is 1. The van der Waals surface area contributed by atoms with Crippen LogP contribution in [0.15, 0.2) is 67.0 Å². The van der Waals surface area contributed by atoms with Gasteiger partial charge in [-0.3, -0.25) is 9.55 Å². The van der Waals surface area contributed by atoms with Crippen LogP contribution in [0.3, 0.4) is 0 Å². The summed E-state index contributed by atoms with van der Waals surface area (Å²) in [4.78, 5) is 21.1. The summed E-state index contributed by atoms with van der Waals surface area (Å²) in [6.07, 6.45) is 8.21. The molecule has 0 bridgehead atoms. The third kappa shape index (κ3) is 3.41. The van der Waals surface area contributed by atoms with E-state index in [1.54, 1.807) is 12.3 Å². The number of aromatic nitrogens is 3. The zero-order valence-electron chi connectivity index (χ0n) is 16.5. The van der Waals surface area contributed by atoms with E-state index in [2.05, 4.69) is 10.3 Å². The van der Waals surface area contributed by atoms with Crippen LogP contribution in [-0.4, -0.2) is 31.7 Å². The van der Waals surface area contributed by atoms with Crippen LogP contribution in [0.2, 0.25) is 0 Å². The van der Waals surface area contributed by atoms with Crippen LogP contribution in [0.1, 0.15) is 36.0 Å². The fourth-order valence-electron chi connectivity index (χ4n) is 4.13. The highest BCUT2D eigenvalue weighted by molar-refractivity contribution is 5.95. The molecule has 0 saturated heterocycles. The van der Waals surface area contributed by atoms with Gasteiger partial charge in [0.1, 0.15) is 5.52 Å². The first-order valence-electron chi connectivity index (χ1n) is 10.2. The minimum absolute atomic E-state index is 0.290. The van der Waals surface area contributed by atoms with E-state index in [9.17, 15) is 9.90 Å². The second-order valence-corrected chi connectivity index (χ2v) is 7.68. The Morgan fingerprint density at radius 2 is 1.87 bits per heavy atom. The summed E-state index contributed by atoms with van der Waals surface area (Å²) in [7, 11) is 0. The molecule has 0 atom stereocenters. The van der Waals surface area contributed by atoms with Crippen LogP contribution in [-0.2, 0) is 0 Å². The van der Waals surface area contributed by atoms with Crippen molar-refractivity contribution in [3.8, 4) is 16.9 Å². The van der Waals surface area contributed by atoms with Crippen molar-refractivity contribution >= 4 is 22.8 Å². The quantitative estimate of drug-likeness (QED) is 0.486. The average molecular weight is 398 g/mol. The van der Waals surface area contributed by atoms with Gasteiger partial charge in [0.15, 0.2) is 5.65 Å². The summed E-state index contributed by atoms with van der Waals surface area (Å²) >= 11 is 0. The maximum absolute atomic E-state index is 11.7. The Hall–Kier alpha value is -3.67. The van der Waals surface area contributed by atoms with Crippen molar-refractivity contribution in [3.63, 3.8) is 0 Å². The molecular weight excluding hydrogens is 376 g/mol.